The van der Waals surface area contributed by atoms with Gasteiger partial charge in [0.15, 0.2) is 0 Å². The van der Waals surface area contributed by atoms with Crippen LogP contribution in [0, 0.1) is 0 Å². The molecule has 2 aromatic rings. The van der Waals surface area contributed by atoms with Crippen molar-refractivity contribution >= 4 is 15.8 Å². The molecular weight excluding hydrogens is 278 g/mol. The molecule has 0 amide bonds. The van der Waals surface area contributed by atoms with Crippen molar-refractivity contribution in [3.63, 3.8) is 0 Å². The van der Waals surface area contributed by atoms with Gasteiger partial charge in [-0.05, 0) is 0 Å². The van der Waals surface area contributed by atoms with Gasteiger partial charge in [-0.15, -0.1) is 0 Å². The summed E-state index contributed by atoms with van der Waals surface area (Å²) in [4.78, 5) is 0. The summed E-state index contributed by atoms with van der Waals surface area (Å²) in [5.41, 5.74) is 3.14. The Kier molecular flexibility index (Phi) is 4.87. The van der Waals surface area contributed by atoms with Gasteiger partial charge >= 0.3 is 125 Å². The number of rotatable bonds is 4. The molecule has 0 radical (unpaired) electrons. The zero-order valence-corrected chi connectivity index (χ0v) is 14.0. The molecule has 0 aliphatic carbocycles. The molecule has 1 saturated heterocycles. The van der Waals surface area contributed by atoms with Gasteiger partial charge in [-0.25, -0.2) is 0 Å². The SMILES string of the molecule is c1ccc(C[PH]2(Cc3ccccc3)CCPCC2)cc1. The van der Waals surface area contributed by atoms with E-state index < -0.39 is 7.26 Å². The van der Waals surface area contributed by atoms with Crippen molar-refractivity contribution in [3.8, 4) is 0 Å². The molecule has 0 spiro atoms. The van der Waals surface area contributed by atoms with Gasteiger partial charge in [-0.1, -0.05) is 0 Å². The van der Waals surface area contributed by atoms with Crippen LogP contribution >= 0.6 is 15.8 Å². The van der Waals surface area contributed by atoms with Crippen molar-refractivity contribution in [2.45, 2.75) is 12.3 Å². The molecule has 0 aromatic heterocycles. The third-order valence-electron chi connectivity index (χ3n) is 4.51. The number of benzene rings is 2. The Morgan fingerprint density at radius 3 is 1.60 bits per heavy atom. The molecule has 106 valence electrons. The quantitative estimate of drug-likeness (QED) is 0.710. The fourth-order valence-corrected chi connectivity index (χ4v) is 12.6. The zero-order chi connectivity index (χ0) is 13.7. The molecular formula is C18H24P2. The van der Waals surface area contributed by atoms with Crippen LogP contribution in [0.3, 0.4) is 0 Å². The predicted molar refractivity (Wildman–Crippen MR) is 96.4 cm³/mol. The molecule has 0 bridgehead atoms. The Morgan fingerprint density at radius 1 is 0.700 bits per heavy atom. The van der Waals surface area contributed by atoms with Crippen LogP contribution in [0.4, 0.5) is 0 Å². The van der Waals surface area contributed by atoms with Gasteiger partial charge in [-0.3, -0.25) is 0 Å². The first-order chi connectivity index (χ1) is 9.86. The van der Waals surface area contributed by atoms with Gasteiger partial charge in [0, 0.05) is 0 Å². The van der Waals surface area contributed by atoms with Gasteiger partial charge < -0.3 is 0 Å². The minimum atomic E-state index is -1.16. The molecule has 20 heavy (non-hydrogen) atoms. The fraction of sp³-hybridized carbons (Fsp3) is 0.333. The normalized spacial score (nSPS) is 20.6. The van der Waals surface area contributed by atoms with Gasteiger partial charge in [0.05, 0.1) is 0 Å². The molecule has 0 saturated carbocycles. The first-order valence-electron chi connectivity index (χ1n) is 7.65. The second-order valence-electron chi connectivity index (χ2n) is 6.07. The average molecular weight is 302 g/mol. The topological polar surface area (TPSA) is 0 Å². The maximum absolute atomic E-state index is 2.33. The van der Waals surface area contributed by atoms with Crippen molar-refractivity contribution in [1.82, 2.24) is 0 Å². The van der Waals surface area contributed by atoms with Crippen molar-refractivity contribution in [3.05, 3.63) is 71.8 Å². The Labute approximate surface area is 125 Å². The van der Waals surface area contributed by atoms with E-state index in [1.54, 1.807) is 11.1 Å². The zero-order valence-electron chi connectivity index (χ0n) is 12.0. The van der Waals surface area contributed by atoms with Crippen LogP contribution in [-0.2, 0) is 12.3 Å². The molecule has 3 rings (SSSR count). The van der Waals surface area contributed by atoms with Crippen LogP contribution in [0.1, 0.15) is 11.1 Å². The second-order valence-corrected chi connectivity index (χ2v) is 12.3. The van der Waals surface area contributed by atoms with Gasteiger partial charge in [0.1, 0.15) is 0 Å². The first kappa shape index (κ1) is 14.2. The Hall–Kier alpha value is -0.700. The van der Waals surface area contributed by atoms with E-state index in [0.717, 1.165) is 0 Å². The Balaban J connectivity index is 1.81. The molecule has 2 aromatic carbocycles. The van der Waals surface area contributed by atoms with Crippen molar-refractivity contribution in [2.75, 3.05) is 24.6 Å². The first-order valence-corrected chi connectivity index (χ1v) is 11.9. The summed E-state index contributed by atoms with van der Waals surface area (Å²) in [5.74, 6) is 0. The molecule has 0 nitrogen and oxygen atoms in total. The van der Waals surface area contributed by atoms with Gasteiger partial charge in [0.25, 0.3) is 0 Å². The van der Waals surface area contributed by atoms with E-state index in [1.807, 2.05) is 0 Å². The molecule has 0 unspecified atom stereocenters. The van der Waals surface area contributed by atoms with E-state index in [9.17, 15) is 0 Å². The van der Waals surface area contributed by atoms with Crippen molar-refractivity contribution in [2.24, 2.45) is 0 Å². The maximum atomic E-state index is 2.33. The van der Waals surface area contributed by atoms with Crippen molar-refractivity contribution < 1.29 is 0 Å². The molecule has 1 aliphatic rings. The number of hydrogen-bond acceptors (Lipinski definition) is 0. The van der Waals surface area contributed by atoms with Crippen LogP contribution in [0.5, 0.6) is 0 Å². The summed E-state index contributed by atoms with van der Waals surface area (Å²) in [6, 6.07) is 22.4. The van der Waals surface area contributed by atoms with Crippen LogP contribution in [0.25, 0.3) is 0 Å². The van der Waals surface area contributed by atoms with Crippen molar-refractivity contribution in [1.29, 1.82) is 0 Å². The molecule has 1 fully saturated rings. The van der Waals surface area contributed by atoms with Crippen LogP contribution in [-0.4, -0.2) is 24.6 Å². The predicted octanol–water partition coefficient (Wildman–Crippen LogP) is 4.83. The molecule has 1 heterocycles. The second kappa shape index (κ2) is 6.84. The summed E-state index contributed by atoms with van der Waals surface area (Å²) in [7, 11) is 0.0672. The standard InChI is InChI=1S/C18H24P2/c1-3-7-17(8-4-1)15-20(13-11-19-12-14-20)16-18-9-5-2-6-10-18/h1-10,19-20H,11-16H2. The Bertz CT molecular complexity index is 472. The number of hydrogen-bond donors (Lipinski definition) is 0. The van der Waals surface area contributed by atoms with E-state index in [1.165, 1.54) is 45.6 Å². The minimum absolute atomic E-state index is 1.16. The van der Waals surface area contributed by atoms with E-state index >= 15 is 0 Å². The molecule has 0 N–H and O–H groups in total. The third kappa shape index (κ3) is 3.69. The van der Waals surface area contributed by atoms with Crippen LogP contribution in [0.2, 0.25) is 0 Å². The van der Waals surface area contributed by atoms with Gasteiger partial charge in [0.2, 0.25) is 0 Å². The Morgan fingerprint density at radius 2 is 1.15 bits per heavy atom. The fourth-order valence-electron chi connectivity index (χ4n) is 3.43. The summed E-state index contributed by atoms with van der Waals surface area (Å²) in [5, 5.41) is 0. The van der Waals surface area contributed by atoms with Gasteiger partial charge in [-0.2, -0.15) is 0 Å². The average Bonchev–Trinajstić information content (AvgIpc) is 2.50. The van der Waals surface area contributed by atoms with E-state index in [2.05, 4.69) is 60.7 Å². The summed E-state index contributed by atoms with van der Waals surface area (Å²) in [6.45, 7) is 0. The summed E-state index contributed by atoms with van der Waals surface area (Å²) < 4.78 is 0. The third-order valence-corrected chi connectivity index (χ3v) is 11.7. The van der Waals surface area contributed by atoms with E-state index in [0.29, 0.717) is 0 Å². The molecule has 1 aliphatic heterocycles. The monoisotopic (exact) mass is 302 g/mol. The van der Waals surface area contributed by atoms with Crippen LogP contribution in [0.15, 0.2) is 60.7 Å². The molecule has 2 heteroatoms. The molecule has 0 atom stereocenters. The van der Waals surface area contributed by atoms with E-state index in [-0.39, 0.29) is 0 Å². The van der Waals surface area contributed by atoms with E-state index in [4.69, 9.17) is 0 Å². The summed E-state index contributed by atoms with van der Waals surface area (Å²) in [6.07, 6.45) is 8.82. The van der Waals surface area contributed by atoms with Crippen LogP contribution < -0.4 is 0 Å². The summed E-state index contributed by atoms with van der Waals surface area (Å²) >= 11 is 0.